The van der Waals surface area contributed by atoms with Crippen molar-refractivity contribution in [1.82, 2.24) is 25.3 Å². The molecular weight excluding hydrogens is 420 g/mol. The van der Waals surface area contributed by atoms with E-state index in [0.717, 1.165) is 17.1 Å². The van der Waals surface area contributed by atoms with Crippen LogP contribution in [-0.4, -0.2) is 19.1 Å². The number of aryl methyl sites for hydroxylation is 2. The van der Waals surface area contributed by atoms with Crippen molar-refractivity contribution in [3.8, 4) is 11.4 Å². The SMILES string of the molecule is CC.Cc1cc(=O)[nH]c(=O)n1-c1ccccc1.Cc1cc(N)nc(=O)n1-c1ccccc1.N. The molecule has 4 rings (SSSR count). The summed E-state index contributed by atoms with van der Waals surface area (Å²) in [5.41, 5.74) is 7.29. The maximum atomic E-state index is 11.6. The zero-order chi connectivity index (χ0) is 23.7. The Bertz CT molecular complexity index is 1330. The summed E-state index contributed by atoms with van der Waals surface area (Å²) >= 11 is 0. The molecule has 174 valence electrons. The summed E-state index contributed by atoms with van der Waals surface area (Å²) < 4.78 is 2.98. The molecule has 0 aliphatic heterocycles. The third-order valence-corrected chi connectivity index (χ3v) is 4.28. The van der Waals surface area contributed by atoms with E-state index in [-0.39, 0.29) is 23.2 Å². The molecule has 0 aliphatic carbocycles. The fraction of sp³-hybridized carbons (Fsp3) is 0.167. The fourth-order valence-corrected chi connectivity index (χ4v) is 3.02. The molecular formula is C24H30N6O3. The first kappa shape index (κ1) is 26.8. The topological polar surface area (TPSA) is 151 Å². The summed E-state index contributed by atoms with van der Waals surface area (Å²) in [7, 11) is 0. The number of para-hydroxylation sites is 2. The Morgan fingerprint density at radius 1 is 0.758 bits per heavy atom. The summed E-state index contributed by atoms with van der Waals surface area (Å²) in [6, 6.07) is 21.6. The maximum Gasteiger partial charge on any atom is 0.354 e. The van der Waals surface area contributed by atoms with Gasteiger partial charge in [-0.05, 0) is 38.1 Å². The minimum absolute atomic E-state index is 0. The first-order valence-electron chi connectivity index (χ1n) is 10.2. The van der Waals surface area contributed by atoms with Gasteiger partial charge in [-0.2, -0.15) is 4.98 Å². The van der Waals surface area contributed by atoms with Crippen molar-refractivity contribution in [3.05, 3.63) is 116 Å². The van der Waals surface area contributed by atoms with Gasteiger partial charge in [0.1, 0.15) is 5.82 Å². The fourth-order valence-electron chi connectivity index (χ4n) is 3.02. The predicted molar refractivity (Wildman–Crippen MR) is 133 cm³/mol. The average molecular weight is 451 g/mol. The van der Waals surface area contributed by atoms with E-state index in [1.807, 2.05) is 81.4 Å². The summed E-state index contributed by atoms with van der Waals surface area (Å²) in [5.74, 6) is 0.254. The molecule has 2 aromatic carbocycles. The van der Waals surface area contributed by atoms with Crippen LogP contribution in [0.2, 0.25) is 0 Å². The molecule has 2 aromatic heterocycles. The van der Waals surface area contributed by atoms with Crippen LogP contribution in [0.15, 0.2) is 87.2 Å². The van der Waals surface area contributed by atoms with E-state index in [4.69, 9.17) is 5.73 Å². The smallest absolute Gasteiger partial charge is 0.354 e. The van der Waals surface area contributed by atoms with E-state index < -0.39 is 5.69 Å². The molecule has 0 spiro atoms. The highest BCUT2D eigenvalue weighted by molar-refractivity contribution is 5.37. The van der Waals surface area contributed by atoms with Crippen molar-refractivity contribution >= 4 is 5.82 Å². The van der Waals surface area contributed by atoms with E-state index in [1.54, 1.807) is 13.0 Å². The van der Waals surface area contributed by atoms with Crippen molar-refractivity contribution in [1.29, 1.82) is 0 Å². The minimum Gasteiger partial charge on any atom is -0.383 e. The molecule has 0 amide bonds. The standard InChI is InChI=1S/C11H11N3O.C11H10N2O2.C2H6.H3N/c1-8-7-10(12)13-11(15)14(8)9-5-3-2-4-6-9;1-8-7-10(14)12-11(15)13(8)9-5-3-2-4-6-9;1-2;/h2-7H,1H3,(H2,12,13,15);2-7H,1H3,(H,12,14,15);1-2H3;1H3. The highest BCUT2D eigenvalue weighted by Crippen LogP contribution is 2.08. The van der Waals surface area contributed by atoms with Crippen molar-refractivity contribution in [2.75, 3.05) is 5.73 Å². The number of nitrogens with zero attached hydrogens (tertiary/aromatic N) is 3. The predicted octanol–water partition coefficient (Wildman–Crippen LogP) is 3.15. The van der Waals surface area contributed by atoms with E-state index in [2.05, 4.69) is 9.97 Å². The van der Waals surface area contributed by atoms with Gasteiger partial charge in [0.25, 0.3) is 5.56 Å². The molecule has 0 radical (unpaired) electrons. The Hall–Kier alpha value is -4.24. The molecule has 4 aromatic rings. The van der Waals surface area contributed by atoms with Crippen molar-refractivity contribution in [2.24, 2.45) is 0 Å². The van der Waals surface area contributed by atoms with Gasteiger partial charge in [0.05, 0.1) is 11.4 Å². The Kier molecular flexibility index (Phi) is 10.2. The second kappa shape index (κ2) is 12.6. The van der Waals surface area contributed by atoms with E-state index in [1.165, 1.54) is 15.2 Å². The molecule has 9 nitrogen and oxygen atoms in total. The van der Waals surface area contributed by atoms with E-state index in [9.17, 15) is 14.4 Å². The van der Waals surface area contributed by atoms with Crippen LogP contribution in [-0.2, 0) is 0 Å². The van der Waals surface area contributed by atoms with Crippen molar-refractivity contribution in [3.63, 3.8) is 0 Å². The molecule has 2 heterocycles. The highest BCUT2D eigenvalue weighted by Gasteiger charge is 2.05. The van der Waals surface area contributed by atoms with Crippen LogP contribution < -0.4 is 28.8 Å². The summed E-state index contributed by atoms with van der Waals surface area (Å²) in [4.78, 5) is 40.2. The summed E-state index contributed by atoms with van der Waals surface area (Å²) in [5, 5.41) is 0. The Morgan fingerprint density at radius 2 is 1.21 bits per heavy atom. The van der Waals surface area contributed by atoms with Gasteiger partial charge >= 0.3 is 11.4 Å². The number of benzene rings is 2. The molecule has 0 saturated carbocycles. The van der Waals surface area contributed by atoms with Crippen LogP contribution in [0.5, 0.6) is 0 Å². The van der Waals surface area contributed by atoms with Gasteiger partial charge in [-0.25, -0.2) is 9.59 Å². The molecule has 0 bridgehead atoms. The lowest BCUT2D eigenvalue weighted by Gasteiger charge is -2.08. The Labute approximate surface area is 191 Å². The van der Waals surface area contributed by atoms with Crippen LogP contribution in [0.3, 0.4) is 0 Å². The number of nitrogen functional groups attached to an aromatic ring is 1. The molecule has 0 aliphatic rings. The molecule has 0 fully saturated rings. The number of nitrogens with one attached hydrogen (secondary N) is 1. The largest absolute Gasteiger partial charge is 0.383 e. The molecule has 6 N–H and O–H groups in total. The lowest BCUT2D eigenvalue weighted by Crippen LogP contribution is -2.29. The average Bonchev–Trinajstić information content (AvgIpc) is 2.76. The van der Waals surface area contributed by atoms with Crippen LogP contribution >= 0.6 is 0 Å². The van der Waals surface area contributed by atoms with E-state index in [0.29, 0.717) is 5.69 Å². The Balaban J connectivity index is 0.000000299. The number of nitrogens with two attached hydrogens (primary N) is 1. The van der Waals surface area contributed by atoms with Gasteiger partial charge in [0, 0.05) is 23.5 Å². The van der Waals surface area contributed by atoms with Gasteiger partial charge in [0.2, 0.25) is 0 Å². The van der Waals surface area contributed by atoms with E-state index >= 15 is 0 Å². The summed E-state index contributed by atoms with van der Waals surface area (Å²) in [6.45, 7) is 7.55. The highest BCUT2D eigenvalue weighted by atomic mass is 16.2. The first-order valence-corrected chi connectivity index (χ1v) is 10.2. The zero-order valence-electron chi connectivity index (χ0n) is 19.3. The monoisotopic (exact) mass is 450 g/mol. The third kappa shape index (κ3) is 6.88. The maximum absolute atomic E-state index is 11.6. The van der Waals surface area contributed by atoms with Crippen molar-refractivity contribution < 1.29 is 0 Å². The van der Waals surface area contributed by atoms with Gasteiger partial charge in [-0.15, -0.1) is 0 Å². The normalized spacial score (nSPS) is 9.45. The van der Waals surface area contributed by atoms with Gasteiger partial charge < -0.3 is 11.9 Å². The molecule has 0 saturated heterocycles. The minimum atomic E-state index is -0.411. The molecule has 33 heavy (non-hydrogen) atoms. The van der Waals surface area contributed by atoms with Crippen LogP contribution in [0.1, 0.15) is 25.2 Å². The van der Waals surface area contributed by atoms with Gasteiger partial charge in [-0.3, -0.25) is 18.9 Å². The molecule has 0 atom stereocenters. The number of aromatic amines is 1. The van der Waals surface area contributed by atoms with Gasteiger partial charge in [0.15, 0.2) is 0 Å². The van der Waals surface area contributed by atoms with Gasteiger partial charge in [-0.1, -0.05) is 50.2 Å². The lowest BCUT2D eigenvalue weighted by molar-refractivity contribution is 0.856. The second-order valence-electron chi connectivity index (χ2n) is 6.53. The number of rotatable bonds is 2. The lowest BCUT2D eigenvalue weighted by atomic mass is 10.3. The van der Waals surface area contributed by atoms with Crippen LogP contribution in [0.4, 0.5) is 5.82 Å². The quantitative estimate of drug-likeness (QED) is 0.427. The Morgan fingerprint density at radius 3 is 1.67 bits per heavy atom. The zero-order valence-corrected chi connectivity index (χ0v) is 19.3. The second-order valence-corrected chi connectivity index (χ2v) is 6.53. The number of hydrogen-bond donors (Lipinski definition) is 3. The third-order valence-electron chi connectivity index (χ3n) is 4.28. The summed E-state index contributed by atoms with van der Waals surface area (Å²) in [6.07, 6.45) is 0. The van der Waals surface area contributed by atoms with Crippen molar-refractivity contribution in [2.45, 2.75) is 27.7 Å². The van der Waals surface area contributed by atoms with Crippen LogP contribution in [0, 0.1) is 13.8 Å². The molecule has 0 unspecified atom stereocenters. The van der Waals surface area contributed by atoms with Crippen LogP contribution in [0.25, 0.3) is 11.4 Å². The number of hydrogen-bond acceptors (Lipinski definition) is 6. The first-order chi connectivity index (χ1) is 15.4. The number of H-pyrrole nitrogens is 1. The number of anilines is 1. The molecule has 9 heteroatoms. The number of aromatic nitrogens is 4.